The van der Waals surface area contributed by atoms with E-state index in [0.29, 0.717) is 25.1 Å². The fourth-order valence-electron chi connectivity index (χ4n) is 4.69. The summed E-state index contributed by atoms with van der Waals surface area (Å²) in [5, 5.41) is 9.41. The number of unbranched alkanes of at least 4 members (excludes halogenated alkanes) is 1. The van der Waals surface area contributed by atoms with Crippen LogP contribution in [0.5, 0.6) is 0 Å². The Morgan fingerprint density at radius 3 is 2.48 bits per heavy atom. The Balaban J connectivity index is 1.85. The zero-order valence-corrected chi connectivity index (χ0v) is 19.8. The summed E-state index contributed by atoms with van der Waals surface area (Å²) in [4.78, 5) is 27.8. The lowest BCUT2D eigenvalue weighted by atomic mass is 9.83. The van der Waals surface area contributed by atoms with Gasteiger partial charge in [0.2, 0.25) is 5.91 Å². The van der Waals surface area contributed by atoms with Crippen molar-refractivity contribution in [3.63, 3.8) is 0 Å². The van der Waals surface area contributed by atoms with Crippen molar-refractivity contribution in [2.75, 3.05) is 6.61 Å². The molecule has 0 bridgehead atoms. The number of carbonyl (C=O) groups is 2. The summed E-state index contributed by atoms with van der Waals surface area (Å²) in [6.45, 7) is 4.74. The van der Waals surface area contributed by atoms with Gasteiger partial charge < -0.3 is 9.64 Å². The first kappa shape index (κ1) is 24.5. The number of hydrogen-bond donors (Lipinski definition) is 0. The molecule has 1 aliphatic rings. The van der Waals surface area contributed by atoms with Crippen molar-refractivity contribution in [1.29, 1.82) is 5.26 Å². The molecule has 0 saturated heterocycles. The van der Waals surface area contributed by atoms with Gasteiger partial charge in [0.05, 0.1) is 24.2 Å². The number of nitriles is 1. The Labute approximate surface area is 197 Å². The second-order valence-electron chi connectivity index (χ2n) is 8.69. The van der Waals surface area contributed by atoms with Crippen LogP contribution in [0.25, 0.3) is 11.1 Å². The van der Waals surface area contributed by atoms with Gasteiger partial charge >= 0.3 is 5.97 Å². The maximum Gasteiger partial charge on any atom is 0.311 e. The molecule has 2 unspecified atom stereocenters. The van der Waals surface area contributed by atoms with E-state index in [-0.39, 0.29) is 23.8 Å². The molecule has 0 radical (unpaired) electrons. The molecule has 0 N–H and O–H groups in total. The minimum atomic E-state index is -0.258. The van der Waals surface area contributed by atoms with E-state index in [1.165, 1.54) is 0 Å². The highest BCUT2D eigenvalue weighted by atomic mass is 16.5. The fraction of sp³-hybridized carbons (Fsp3) is 0.464. The van der Waals surface area contributed by atoms with Crippen LogP contribution >= 0.6 is 0 Å². The van der Waals surface area contributed by atoms with Gasteiger partial charge in [0, 0.05) is 19.0 Å². The van der Waals surface area contributed by atoms with Crippen LogP contribution in [-0.2, 0) is 20.9 Å². The van der Waals surface area contributed by atoms with Crippen LogP contribution in [0.4, 0.5) is 0 Å². The van der Waals surface area contributed by atoms with E-state index in [0.717, 1.165) is 55.2 Å². The van der Waals surface area contributed by atoms with E-state index >= 15 is 0 Å². The normalized spacial score (nSPS) is 17.7. The summed E-state index contributed by atoms with van der Waals surface area (Å²) in [5.41, 5.74) is 3.53. The molecule has 0 aliphatic heterocycles. The monoisotopic (exact) mass is 446 g/mol. The molecule has 0 spiro atoms. The lowest BCUT2D eigenvalue weighted by Crippen LogP contribution is -2.48. The van der Waals surface area contributed by atoms with Crippen molar-refractivity contribution in [1.82, 2.24) is 4.90 Å². The van der Waals surface area contributed by atoms with Gasteiger partial charge in [-0.15, -0.1) is 0 Å². The smallest absolute Gasteiger partial charge is 0.311 e. The van der Waals surface area contributed by atoms with E-state index in [4.69, 9.17) is 4.74 Å². The molecule has 2 aromatic rings. The van der Waals surface area contributed by atoms with Crippen molar-refractivity contribution in [3.8, 4) is 17.2 Å². The molecule has 2 atom stereocenters. The quantitative estimate of drug-likeness (QED) is 0.452. The summed E-state index contributed by atoms with van der Waals surface area (Å²) < 4.78 is 5.36. The van der Waals surface area contributed by atoms with Crippen LogP contribution < -0.4 is 0 Å². The molecule has 3 rings (SSSR count). The lowest BCUT2D eigenvalue weighted by Gasteiger charge is -2.39. The highest BCUT2D eigenvalue weighted by molar-refractivity contribution is 5.79. The highest BCUT2D eigenvalue weighted by Crippen LogP contribution is 2.32. The number of ether oxygens (including phenoxy) is 1. The number of esters is 1. The molecule has 1 amide bonds. The molecular weight excluding hydrogens is 412 g/mol. The first-order chi connectivity index (χ1) is 16.1. The number of hydrogen-bond acceptors (Lipinski definition) is 4. The third-order valence-electron chi connectivity index (χ3n) is 6.45. The maximum atomic E-state index is 13.2. The number of benzene rings is 2. The van der Waals surface area contributed by atoms with Crippen LogP contribution in [0.3, 0.4) is 0 Å². The highest BCUT2D eigenvalue weighted by Gasteiger charge is 2.37. The first-order valence-electron chi connectivity index (χ1n) is 12.1. The number of amides is 1. The van der Waals surface area contributed by atoms with E-state index < -0.39 is 0 Å². The van der Waals surface area contributed by atoms with Crippen LogP contribution in [0.2, 0.25) is 0 Å². The SMILES string of the molecule is CCCCC(=O)N(Cc1ccc(-c2ccccc2C#N)cc1)C1CCCCC1C(=O)OCC. The second kappa shape index (κ2) is 12.2. The molecule has 0 heterocycles. The molecule has 5 heteroatoms. The minimum absolute atomic E-state index is 0.108. The summed E-state index contributed by atoms with van der Waals surface area (Å²) in [7, 11) is 0. The summed E-state index contributed by atoms with van der Waals surface area (Å²) in [5.74, 6) is -0.332. The van der Waals surface area contributed by atoms with Gasteiger partial charge in [-0.1, -0.05) is 68.7 Å². The van der Waals surface area contributed by atoms with Gasteiger partial charge in [0.1, 0.15) is 0 Å². The average molecular weight is 447 g/mol. The van der Waals surface area contributed by atoms with Gasteiger partial charge in [-0.3, -0.25) is 9.59 Å². The Morgan fingerprint density at radius 2 is 1.79 bits per heavy atom. The molecule has 0 aromatic heterocycles. The number of nitrogens with zero attached hydrogens (tertiary/aromatic N) is 2. The van der Waals surface area contributed by atoms with E-state index in [1.807, 2.05) is 60.4 Å². The topological polar surface area (TPSA) is 70.4 Å². The maximum absolute atomic E-state index is 13.2. The Morgan fingerprint density at radius 1 is 1.06 bits per heavy atom. The summed E-state index contributed by atoms with van der Waals surface area (Å²) >= 11 is 0. The zero-order chi connectivity index (χ0) is 23.6. The Hall–Kier alpha value is -3.13. The van der Waals surface area contributed by atoms with Crippen molar-refractivity contribution < 1.29 is 14.3 Å². The van der Waals surface area contributed by atoms with E-state index in [9.17, 15) is 14.9 Å². The molecule has 1 aliphatic carbocycles. The Kier molecular flexibility index (Phi) is 9.06. The third-order valence-corrected chi connectivity index (χ3v) is 6.45. The Bertz CT molecular complexity index is 977. The first-order valence-corrected chi connectivity index (χ1v) is 12.1. The van der Waals surface area contributed by atoms with Crippen LogP contribution in [-0.4, -0.2) is 29.4 Å². The van der Waals surface area contributed by atoms with Crippen molar-refractivity contribution in [2.24, 2.45) is 5.92 Å². The standard InChI is InChI=1S/C28H34N2O3/c1-3-5-14-27(31)30(26-13-9-8-12-25(26)28(32)33-4-2)20-21-15-17-22(18-16-21)24-11-7-6-10-23(24)19-29/h6-7,10-11,15-18,25-26H,3-5,8-9,12-14,20H2,1-2H3. The predicted octanol–water partition coefficient (Wildman–Crippen LogP) is 5.87. The van der Waals surface area contributed by atoms with Crippen molar-refractivity contribution in [3.05, 3.63) is 59.7 Å². The molecule has 5 nitrogen and oxygen atoms in total. The molecular formula is C28H34N2O3. The molecule has 1 saturated carbocycles. The largest absolute Gasteiger partial charge is 0.466 e. The van der Waals surface area contributed by atoms with Crippen LogP contribution in [0, 0.1) is 17.2 Å². The lowest BCUT2D eigenvalue weighted by molar-refractivity contribution is -0.154. The third kappa shape index (κ3) is 6.22. The number of carbonyl (C=O) groups excluding carboxylic acids is 2. The minimum Gasteiger partial charge on any atom is -0.466 e. The number of rotatable bonds is 9. The summed E-state index contributed by atoms with van der Waals surface area (Å²) in [6.07, 6.45) is 5.90. The van der Waals surface area contributed by atoms with E-state index in [2.05, 4.69) is 13.0 Å². The van der Waals surface area contributed by atoms with Gasteiger partial charge in [0.25, 0.3) is 0 Å². The molecule has 1 fully saturated rings. The van der Waals surface area contributed by atoms with Gasteiger partial charge in [-0.05, 0) is 48.9 Å². The van der Waals surface area contributed by atoms with Crippen LogP contribution in [0.15, 0.2) is 48.5 Å². The summed E-state index contributed by atoms with van der Waals surface area (Å²) in [6, 6.07) is 17.7. The zero-order valence-electron chi connectivity index (χ0n) is 19.8. The average Bonchev–Trinajstić information content (AvgIpc) is 2.86. The predicted molar refractivity (Wildman–Crippen MR) is 129 cm³/mol. The molecule has 174 valence electrons. The van der Waals surface area contributed by atoms with E-state index in [1.54, 1.807) is 0 Å². The van der Waals surface area contributed by atoms with Gasteiger partial charge in [-0.25, -0.2) is 0 Å². The molecule has 2 aromatic carbocycles. The van der Waals surface area contributed by atoms with Crippen LogP contribution in [0.1, 0.15) is 69.9 Å². The van der Waals surface area contributed by atoms with Crippen molar-refractivity contribution in [2.45, 2.75) is 71.4 Å². The second-order valence-corrected chi connectivity index (χ2v) is 8.69. The van der Waals surface area contributed by atoms with Gasteiger partial charge in [0.15, 0.2) is 0 Å². The van der Waals surface area contributed by atoms with Crippen molar-refractivity contribution >= 4 is 11.9 Å². The molecule has 33 heavy (non-hydrogen) atoms. The van der Waals surface area contributed by atoms with Gasteiger partial charge in [-0.2, -0.15) is 5.26 Å². The fourth-order valence-corrected chi connectivity index (χ4v) is 4.69.